The van der Waals surface area contributed by atoms with E-state index in [1.54, 1.807) is 18.3 Å². The lowest BCUT2D eigenvalue weighted by Gasteiger charge is -2.29. The van der Waals surface area contributed by atoms with Gasteiger partial charge in [0.25, 0.3) is 0 Å². The molecule has 10 nitrogen and oxygen atoms in total. The van der Waals surface area contributed by atoms with E-state index in [4.69, 9.17) is 15.5 Å². The number of phenolic OH excluding ortho intramolecular Hbond substituents is 1. The fourth-order valence-electron chi connectivity index (χ4n) is 5.04. The van der Waals surface area contributed by atoms with E-state index in [9.17, 15) is 5.11 Å². The normalized spacial score (nSPS) is 14.9. The van der Waals surface area contributed by atoms with Crippen molar-refractivity contribution < 1.29 is 9.84 Å². The molecule has 0 aliphatic carbocycles. The van der Waals surface area contributed by atoms with Crippen molar-refractivity contribution in [1.82, 2.24) is 20.2 Å². The van der Waals surface area contributed by atoms with Gasteiger partial charge >= 0.3 is 0 Å². The van der Waals surface area contributed by atoms with Gasteiger partial charge in [-0.2, -0.15) is 0 Å². The molecule has 40 heavy (non-hydrogen) atoms. The Morgan fingerprint density at radius 2 is 1.73 bits per heavy atom. The summed E-state index contributed by atoms with van der Waals surface area (Å²) < 4.78 is 5.74. The zero-order valence-corrected chi connectivity index (χ0v) is 22.1. The fraction of sp³-hybridized carbons (Fsp3) is 0.267. The molecule has 2 aromatic heterocycles. The predicted molar refractivity (Wildman–Crippen MR) is 156 cm³/mol. The fourth-order valence-corrected chi connectivity index (χ4v) is 5.04. The molecule has 4 aromatic rings. The molecule has 2 aliphatic rings. The maximum Gasteiger partial charge on any atom is 0.206 e. The molecule has 1 fully saturated rings. The third-order valence-electron chi connectivity index (χ3n) is 7.08. The van der Waals surface area contributed by atoms with E-state index in [1.807, 2.05) is 42.5 Å². The second kappa shape index (κ2) is 11.4. The van der Waals surface area contributed by atoms with Gasteiger partial charge in [0.1, 0.15) is 23.9 Å². The first-order valence-corrected chi connectivity index (χ1v) is 13.4. The smallest absolute Gasteiger partial charge is 0.206 e. The summed E-state index contributed by atoms with van der Waals surface area (Å²) in [5.74, 6) is 9.16. The first kappa shape index (κ1) is 25.2. The van der Waals surface area contributed by atoms with Crippen LogP contribution in [-0.4, -0.2) is 71.1 Å². The number of rotatable bonds is 4. The highest BCUT2D eigenvalue weighted by Crippen LogP contribution is 2.32. The number of nitrogens with two attached hydrogens (primary N) is 1. The molecule has 6 rings (SSSR count). The van der Waals surface area contributed by atoms with Crippen LogP contribution in [0.25, 0.3) is 11.3 Å². The maximum atomic E-state index is 10.3. The van der Waals surface area contributed by atoms with Gasteiger partial charge in [-0.1, -0.05) is 30.2 Å². The second-order valence-electron chi connectivity index (χ2n) is 9.62. The average Bonchev–Trinajstić information content (AvgIpc) is 3.25. The maximum absolute atomic E-state index is 10.3. The summed E-state index contributed by atoms with van der Waals surface area (Å²) in [7, 11) is 0. The Morgan fingerprint density at radius 3 is 2.65 bits per heavy atom. The van der Waals surface area contributed by atoms with Gasteiger partial charge in [0.05, 0.1) is 30.2 Å². The molecule has 1 saturated heterocycles. The molecule has 2 aromatic carbocycles. The number of para-hydroxylation sites is 3. The Balaban J connectivity index is 1.14. The minimum atomic E-state index is 0.159. The zero-order valence-electron chi connectivity index (χ0n) is 22.1. The summed E-state index contributed by atoms with van der Waals surface area (Å²) in [5.41, 5.74) is 9.33. The van der Waals surface area contributed by atoms with Crippen LogP contribution in [0, 0.1) is 11.8 Å². The van der Waals surface area contributed by atoms with Crippen molar-refractivity contribution in [2.75, 3.05) is 66.3 Å². The number of hydrogen-bond acceptors (Lipinski definition) is 10. The van der Waals surface area contributed by atoms with Crippen molar-refractivity contribution in [3.63, 3.8) is 0 Å². The summed E-state index contributed by atoms with van der Waals surface area (Å²) in [5, 5.41) is 18.7. The SMILES string of the molecule is Nc1nnc(-c2ccccc2O)cc1N1CCCN(c2ccnc(C#CCN3CCOc4ccccc43)n2)CC1. The van der Waals surface area contributed by atoms with Crippen LogP contribution < -0.4 is 25.2 Å². The largest absolute Gasteiger partial charge is 0.507 e. The summed E-state index contributed by atoms with van der Waals surface area (Å²) in [6, 6.07) is 18.9. The molecule has 202 valence electrons. The van der Waals surface area contributed by atoms with Crippen molar-refractivity contribution in [3.05, 3.63) is 72.7 Å². The molecular formula is C30H30N8O2. The van der Waals surface area contributed by atoms with Gasteiger partial charge in [0.15, 0.2) is 5.82 Å². The van der Waals surface area contributed by atoms with Crippen LogP contribution in [0.15, 0.2) is 66.9 Å². The van der Waals surface area contributed by atoms with Crippen molar-refractivity contribution in [2.45, 2.75) is 6.42 Å². The Bertz CT molecular complexity index is 1570. The number of aromatic nitrogens is 4. The lowest BCUT2D eigenvalue weighted by Crippen LogP contribution is -2.32. The molecule has 0 atom stereocenters. The molecule has 3 N–H and O–H groups in total. The Hall–Kier alpha value is -5.04. The molecule has 4 heterocycles. The number of hydrogen-bond donors (Lipinski definition) is 2. The van der Waals surface area contributed by atoms with Gasteiger partial charge in [-0.3, -0.25) is 0 Å². The van der Waals surface area contributed by atoms with Crippen LogP contribution in [0.5, 0.6) is 11.5 Å². The number of nitrogen functional groups attached to an aromatic ring is 1. The first-order valence-electron chi connectivity index (χ1n) is 13.4. The average molecular weight is 535 g/mol. The molecule has 0 saturated carbocycles. The number of aromatic hydroxyl groups is 1. The number of nitrogens with zero attached hydrogens (tertiary/aromatic N) is 7. The summed E-state index contributed by atoms with van der Waals surface area (Å²) in [6.07, 6.45) is 2.68. The third-order valence-corrected chi connectivity index (χ3v) is 7.08. The van der Waals surface area contributed by atoms with E-state index in [-0.39, 0.29) is 5.75 Å². The van der Waals surface area contributed by atoms with Crippen LogP contribution >= 0.6 is 0 Å². The lowest BCUT2D eigenvalue weighted by atomic mass is 10.1. The van der Waals surface area contributed by atoms with Gasteiger partial charge in [0, 0.05) is 37.9 Å². The summed E-state index contributed by atoms with van der Waals surface area (Å²) in [6.45, 7) is 5.16. The second-order valence-corrected chi connectivity index (χ2v) is 9.62. The minimum Gasteiger partial charge on any atom is -0.507 e. The zero-order chi connectivity index (χ0) is 27.3. The summed E-state index contributed by atoms with van der Waals surface area (Å²) in [4.78, 5) is 15.8. The first-order chi connectivity index (χ1) is 19.7. The van der Waals surface area contributed by atoms with E-state index in [0.717, 1.165) is 62.1 Å². The molecule has 0 spiro atoms. The van der Waals surface area contributed by atoms with E-state index < -0.39 is 0 Å². The monoisotopic (exact) mass is 534 g/mol. The van der Waals surface area contributed by atoms with Gasteiger partial charge in [-0.05, 0) is 48.7 Å². The molecular weight excluding hydrogens is 504 g/mol. The number of phenols is 1. The Labute approximate surface area is 233 Å². The van der Waals surface area contributed by atoms with E-state index in [2.05, 4.69) is 47.8 Å². The van der Waals surface area contributed by atoms with E-state index in [0.29, 0.717) is 36.1 Å². The van der Waals surface area contributed by atoms with Gasteiger partial charge in [0.2, 0.25) is 5.82 Å². The highest BCUT2D eigenvalue weighted by atomic mass is 16.5. The summed E-state index contributed by atoms with van der Waals surface area (Å²) >= 11 is 0. The van der Waals surface area contributed by atoms with Crippen molar-refractivity contribution in [1.29, 1.82) is 0 Å². The third kappa shape index (κ3) is 5.40. The van der Waals surface area contributed by atoms with Crippen LogP contribution in [0.3, 0.4) is 0 Å². The molecule has 0 unspecified atom stereocenters. The standard InChI is InChI=1S/C30H30N8O2/c31-30-25(21-23(34-35-30)22-7-1-3-9-26(22)39)36-15-6-16-38(18-17-36)29-12-13-32-28(33-29)11-5-14-37-19-20-40-27-10-4-2-8-24(27)37/h1-4,7-10,12-13,21,39H,6,14-20H2,(H2,31,35). The van der Waals surface area contributed by atoms with Gasteiger partial charge < -0.3 is 30.3 Å². The highest BCUT2D eigenvalue weighted by molar-refractivity contribution is 5.74. The Morgan fingerprint density at radius 1 is 0.900 bits per heavy atom. The molecule has 0 radical (unpaired) electrons. The molecule has 0 amide bonds. The topological polar surface area (TPSA) is 117 Å². The number of ether oxygens (including phenoxy) is 1. The molecule has 0 bridgehead atoms. The minimum absolute atomic E-state index is 0.159. The van der Waals surface area contributed by atoms with Crippen LogP contribution in [-0.2, 0) is 0 Å². The van der Waals surface area contributed by atoms with E-state index >= 15 is 0 Å². The van der Waals surface area contributed by atoms with Crippen molar-refractivity contribution in [2.24, 2.45) is 0 Å². The van der Waals surface area contributed by atoms with Gasteiger partial charge in [-0.15, -0.1) is 10.2 Å². The van der Waals surface area contributed by atoms with Crippen molar-refractivity contribution in [3.8, 4) is 34.6 Å². The molecule has 2 aliphatic heterocycles. The highest BCUT2D eigenvalue weighted by Gasteiger charge is 2.21. The van der Waals surface area contributed by atoms with Crippen LogP contribution in [0.1, 0.15) is 12.2 Å². The van der Waals surface area contributed by atoms with Gasteiger partial charge in [-0.25, -0.2) is 9.97 Å². The predicted octanol–water partition coefficient (Wildman–Crippen LogP) is 3.19. The number of anilines is 4. The number of fused-ring (bicyclic) bond motifs is 1. The quantitative estimate of drug-likeness (QED) is 0.378. The van der Waals surface area contributed by atoms with Crippen molar-refractivity contribution >= 4 is 23.0 Å². The number of benzene rings is 2. The van der Waals surface area contributed by atoms with E-state index in [1.165, 1.54) is 0 Å². The molecule has 10 heteroatoms. The van der Waals surface area contributed by atoms with Crippen LogP contribution in [0.2, 0.25) is 0 Å². The Kier molecular flexibility index (Phi) is 7.18. The lowest BCUT2D eigenvalue weighted by molar-refractivity contribution is 0.310. The van der Waals surface area contributed by atoms with Crippen LogP contribution in [0.4, 0.5) is 23.0 Å².